The molecular formula is C27H27Cl2N3O4S. The summed E-state index contributed by atoms with van der Waals surface area (Å²) in [6, 6.07) is 10.4. The highest BCUT2D eigenvalue weighted by molar-refractivity contribution is 7.21. The van der Waals surface area contributed by atoms with Gasteiger partial charge >= 0.3 is 0 Å². The zero-order valence-corrected chi connectivity index (χ0v) is 22.4. The van der Waals surface area contributed by atoms with Crippen molar-refractivity contribution in [2.75, 3.05) is 19.6 Å². The average Bonchev–Trinajstić information content (AvgIpc) is 3.41. The Morgan fingerprint density at radius 3 is 2.78 bits per heavy atom. The third kappa shape index (κ3) is 5.31. The van der Waals surface area contributed by atoms with Crippen LogP contribution in [0.2, 0.25) is 10.0 Å². The molecule has 1 amide bonds. The first-order chi connectivity index (χ1) is 18.0. The number of likely N-dealkylation sites (tertiary alicyclic amines) is 1. The molecule has 0 bridgehead atoms. The number of ether oxygens (including phenoxy) is 1. The fraction of sp³-hybridized carbons (Fsp3) is 0.407. The van der Waals surface area contributed by atoms with Crippen LogP contribution < -0.4 is 10.1 Å². The number of carbonyl (C=O) groups excluding carboxylic acids is 1. The largest absolute Gasteiger partial charge is 0.489 e. The van der Waals surface area contributed by atoms with E-state index in [4.69, 9.17) is 32.8 Å². The number of thiophene rings is 1. The zero-order valence-electron chi connectivity index (χ0n) is 20.1. The molecule has 1 aromatic heterocycles. The molecule has 3 aromatic rings. The number of rotatable bonds is 8. The normalized spacial score (nSPS) is 19.2. The van der Waals surface area contributed by atoms with Crippen molar-refractivity contribution in [3.63, 3.8) is 0 Å². The van der Waals surface area contributed by atoms with Gasteiger partial charge in [-0.25, -0.2) is 0 Å². The van der Waals surface area contributed by atoms with Gasteiger partial charge in [-0.15, -0.1) is 11.3 Å². The fourth-order valence-corrected chi connectivity index (χ4v) is 6.60. The number of oxime groups is 1. The number of halogens is 2. The van der Waals surface area contributed by atoms with Crippen LogP contribution in [0.15, 0.2) is 41.6 Å². The molecule has 3 aliphatic rings. The van der Waals surface area contributed by atoms with Crippen molar-refractivity contribution in [2.45, 2.75) is 50.5 Å². The van der Waals surface area contributed by atoms with Gasteiger partial charge in [-0.3, -0.25) is 4.79 Å². The van der Waals surface area contributed by atoms with E-state index < -0.39 is 12.1 Å². The van der Waals surface area contributed by atoms with Crippen LogP contribution in [0.5, 0.6) is 5.75 Å². The quantitative estimate of drug-likeness (QED) is 0.391. The summed E-state index contributed by atoms with van der Waals surface area (Å²) >= 11 is 14.1. The summed E-state index contributed by atoms with van der Waals surface area (Å²) in [5.41, 5.74) is 1.76. The Hall–Kier alpha value is -2.36. The molecule has 1 saturated carbocycles. The lowest BCUT2D eigenvalue weighted by molar-refractivity contribution is -0.116. The van der Waals surface area contributed by atoms with Gasteiger partial charge in [0.1, 0.15) is 18.5 Å². The Bertz CT molecular complexity index is 1370. The minimum atomic E-state index is -0.970. The highest BCUT2D eigenvalue weighted by atomic mass is 35.5. The number of nitrogens with zero attached hydrogens (tertiary/aromatic N) is 2. The highest BCUT2D eigenvalue weighted by Crippen LogP contribution is 2.37. The molecular weight excluding hydrogens is 533 g/mol. The van der Waals surface area contributed by atoms with E-state index in [0.717, 1.165) is 59.3 Å². The molecule has 10 heteroatoms. The van der Waals surface area contributed by atoms with Gasteiger partial charge in [0.05, 0.1) is 22.0 Å². The van der Waals surface area contributed by atoms with E-state index in [0.29, 0.717) is 34.5 Å². The Morgan fingerprint density at radius 2 is 2.03 bits per heavy atom. The lowest BCUT2D eigenvalue weighted by atomic mass is 10.0. The van der Waals surface area contributed by atoms with Crippen LogP contribution in [0.1, 0.15) is 47.8 Å². The lowest BCUT2D eigenvalue weighted by Crippen LogP contribution is -2.49. The van der Waals surface area contributed by atoms with Crippen molar-refractivity contribution < 1.29 is 19.5 Å². The smallest absolute Gasteiger partial charge is 0.275 e. The molecule has 0 spiro atoms. The molecule has 2 aliphatic heterocycles. The Morgan fingerprint density at radius 1 is 1.22 bits per heavy atom. The maximum atomic E-state index is 13.6. The molecule has 2 N–H and O–H groups in total. The summed E-state index contributed by atoms with van der Waals surface area (Å²) < 4.78 is 6.81. The second-order valence-electron chi connectivity index (χ2n) is 9.80. The molecule has 2 atom stereocenters. The molecule has 0 radical (unpaired) electrons. The first kappa shape index (κ1) is 24.9. The van der Waals surface area contributed by atoms with Gasteiger partial charge in [0.15, 0.2) is 5.71 Å². The molecule has 194 valence electrons. The number of fused-ring (bicyclic) bond motifs is 3. The number of aliphatic hydroxyl groups excluding tert-OH is 1. The van der Waals surface area contributed by atoms with Crippen molar-refractivity contribution in [1.82, 2.24) is 10.2 Å². The molecule has 1 saturated heterocycles. The molecule has 7 nitrogen and oxygen atoms in total. The van der Waals surface area contributed by atoms with Gasteiger partial charge in [0, 0.05) is 21.8 Å². The molecule has 1 aliphatic carbocycles. The first-order valence-electron chi connectivity index (χ1n) is 12.5. The summed E-state index contributed by atoms with van der Waals surface area (Å²) in [5.74, 6) is 0.230. The van der Waals surface area contributed by atoms with E-state index in [9.17, 15) is 9.90 Å². The number of hydrogen-bond acceptors (Lipinski definition) is 7. The van der Waals surface area contributed by atoms with Crippen LogP contribution >= 0.6 is 34.5 Å². The number of amides is 1. The average molecular weight is 561 g/mol. The maximum Gasteiger partial charge on any atom is 0.275 e. The van der Waals surface area contributed by atoms with Crippen LogP contribution in [-0.4, -0.2) is 53.4 Å². The predicted molar refractivity (Wildman–Crippen MR) is 146 cm³/mol. The second-order valence-corrected chi connectivity index (χ2v) is 11.7. The maximum absolute atomic E-state index is 13.6. The van der Waals surface area contributed by atoms with E-state index in [1.54, 1.807) is 12.1 Å². The van der Waals surface area contributed by atoms with Crippen LogP contribution in [0.4, 0.5) is 0 Å². The number of nitrogens with one attached hydrogen (secondary N) is 1. The van der Waals surface area contributed by atoms with Crippen LogP contribution in [0.3, 0.4) is 0 Å². The third-order valence-electron chi connectivity index (χ3n) is 7.02. The van der Waals surface area contributed by atoms with Crippen molar-refractivity contribution >= 4 is 56.2 Å². The number of carbonyl (C=O) groups is 1. The zero-order chi connectivity index (χ0) is 25.5. The summed E-state index contributed by atoms with van der Waals surface area (Å²) in [7, 11) is 0. The monoisotopic (exact) mass is 559 g/mol. The highest BCUT2D eigenvalue weighted by Gasteiger charge is 2.32. The Kier molecular flexibility index (Phi) is 7.03. The predicted octanol–water partition coefficient (Wildman–Crippen LogP) is 5.30. The summed E-state index contributed by atoms with van der Waals surface area (Å²) in [4.78, 5) is 22.0. The SMILES string of the molecule is O=C(NC(CN1CCCC1)C(O)c1ccc(OC2CC2)c(Cl)c1)C1=NOCc2c1sc1cc(Cl)ccc21. The molecule has 2 unspecified atom stereocenters. The van der Waals surface area contributed by atoms with Gasteiger partial charge in [0.25, 0.3) is 5.91 Å². The minimum absolute atomic E-state index is 0.211. The van der Waals surface area contributed by atoms with Crippen LogP contribution in [-0.2, 0) is 16.2 Å². The second kappa shape index (κ2) is 10.4. The summed E-state index contributed by atoms with van der Waals surface area (Å²) in [5, 5.41) is 20.7. The van der Waals surface area contributed by atoms with Gasteiger partial charge in [-0.1, -0.05) is 40.5 Å². The van der Waals surface area contributed by atoms with Gasteiger partial charge in [-0.2, -0.15) is 0 Å². The van der Waals surface area contributed by atoms with E-state index >= 15 is 0 Å². The summed E-state index contributed by atoms with van der Waals surface area (Å²) in [6.07, 6.45) is 3.53. The van der Waals surface area contributed by atoms with Crippen molar-refractivity contribution in [3.05, 3.63) is 62.4 Å². The Labute approximate surface area is 228 Å². The van der Waals surface area contributed by atoms with Gasteiger partial charge in [-0.05, 0) is 74.0 Å². The Balaban J connectivity index is 1.25. The molecule has 3 heterocycles. The number of aliphatic hydroxyl groups is 1. The van der Waals surface area contributed by atoms with Crippen LogP contribution in [0.25, 0.3) is 10.1 Å². The van der Waals surface area contributed by atoms with E-state index in [1.807, 2.05) is 24.3 Å². The topological polar surface area (TPSA) is 83.4 Å². The van der Waals surface area contributed by atoms with Crippen molar-refractivity contribution in [1.29, 1.82) is 0 Å². The van der Waals surface area contributed by atoms with Crippen LogP contribution in [0, 0.1) is 0 Å². The van der Waals surface area contributed by atoms with E-state index in [2.05, 4.69) is 15.4 Å². The third-order valence-corrected chi connectivity index (χ3v) is 8.75. The molecule has 2 aromatic carbocycles. The standard InChI is InChI=1S/C27H27Cl2N3O4S/c28-16-4-7-18-19-14-35-31-24(26(19)37-23(18)12-16)27(34)30-21(13-32-9-1-2-10-32)25(33)15-3-8-22(20(29)11-15)36-17-5-6-17/h3-4,7-8,11-12,17,21,25,33H,1-2,5-6,9-10,13-14H2,(H,30,34). The van der Waals surface area contributed by atoms with Gasteiger partial charge in [0.2, 0.25) is 0 Å². The summed E-state index contributed by atoms with van der Waals surface area (Å²) in [6.45, 7) is 2.66. The number of benzene rings is 2. The number of hydrogen-bond donors (Lipinski definition) is 2. The minimum Gasteiger partial charge on any atom is -0.489 e. The molecule has 37 heavy (non-hydrogen) atoms. The van der Waals surface area contributed by atoms with Gasteiger partial charge < -0.3 is 24.9 Å². The van der Waals surface area contributed by atoms with E-state index in [-0.39, 0.29) is 17.7 Å². The lowest BCUT2D eigenvalue weighted by Gasteiger charge is -2.29. The fourth-order valence-electron chi connectivity index (χ4n) is 4.90. The molecule has 6 rings (SSSR count). The van der Waals surface area contributed by atoms with Crippen molar-refractivity contribution in [3.8, 4) is 5.75 Å². The molecule has 2 fully saturated rings. The van der Waals surface area contributed by atoms with Crippen molar-refractivity contribution in [2.24, 2.45) is 5.16 Å². The van der Waals surface area contributed by atoms with E-state index in [1.165, 1.54) is 11.3 Å². The first-order valence-corrected chi connectivity index (χ1v) is 14.1.